The Bertz CT molecular complexity index is 908. The fraction of sp³-hybridized carbons (Fsp3) is 0.368. The van der Waals surface area contributed by atoms with Crippen molar-refractivity contribution in [3.63, 3.8) is 0 Å². The number of thiophene rings is 1. The summed E-state index contributed by atoms with van der Waals surface area (Å²) in [5, 5.41) is 22.9. The summed E-state index contributed by atoms with van der Waals surface area (Å²) in [5.41, 5.74) is 0.926. The molecule has 2 aromatic rings. The number of halogens is 1. The summed E-state index contributed by atoms with van der Waals surface area (Å²) in [5.74, 6) is -0.838. The minimum Gasteiger partial charge on any atom is -0.505 e. The highest BCUT2D eigenvalue weighted by atomic mass is 32.1. The van der Waals surface area contributed by atoms with Crippen LogP contribution in [0.3, 0.4) is 0 Å². The zero-order chi connectivity index (χ0) is 18.6. The lowest BCUT2D eigenvalue weighted by molar-refractivity contribution is -0.136. The van der Waals surface area contributed by atoms with E-state index in [9.17, 15) is 14.3 Å². The molecule has 2 fully saturated rings. The van der Waals surface area contributed by atoms with Gasteiger partial charge in [-0.05, 0) is 60.4 Å². The van der Waals surface area contributed by atoms with Crippen LogP contribution in [-0.2, 0) is 10.3 Å². The first-order chi connectivity index (χ1) is 12.3. The van der Waals surface area contributed by atoms with E-state index >= 15 is 0 Å². The molecule has 2 heterocycles. The van der Waals surface area contributed by atoms with Gasteiger partial charge in [-0.15, -0.1) is 11.3 Å². The molecule has 2 aliphatic rings. The number of hydrogen-bond donors (Lipinski definition) is 3. The summed E-state index contributed by atoms with van der Waals surface area (Å²) >= 11 is 1.51. The van der Waals surface area contributed by atoms with Crippen molar-refractivity contribution in [2.45, 2.75) is 25.3 Å². The van der Waals surface area contributed by atoms with Gasteiger partial charge in [0.25, 0.3) is 0 Å². The third kappa shape index (κ3) is 2.58. The van der Waals surface area contributed by atoms with Crippen LogP contribution in [0, 0.1) is 23.1 Å². The average molecular weight is 373 g/mol. The third-order valence-electron chi connectivity index (χ3n) is 5.42. The van der Waals surface area contributed by atoms with Crippen LogP contribution < -0.4 is 5.32 Å². The smallest absolute Gasteiger partial charge is 0.235 e. The number of nitrogens with zero attached hydrogens (tertiary/aromatic N) is 1. The van der Waals surface area contributed by atoms with E-state index in [1.165, 1.54) is 28.4 Å². The lowest BCUT2D eigenvalue weighted by Gasteiger charge is -2.45. The number of aromatic hydroxyl groups is 1. The molecule has 0 bridgehead atoms. The zero-order valence-electron chi connectivity index (χ0n) is 14.5. The second-order valence-corrected chi connectivity index (χ2v) is 8.17. The van der Waals surface area contributed by atoms with Crippen molar-refractivity contribution in [3.05, 3.63) is 40.3 Å². The summed E-state index contributed by atoms with van der Waals surface area (Å²) in [6.45, 7) is 1.98. The summed E-state index contributed by atoms with van der Waals surface area (Å²) < 4.78 is 13.3. The van der Waals surface area contributed by atoms with E-state index in [4.69, 9.17) is 5.41 Å². The first-order valence-electron chi connectivity index (χ1n) is 8.53. The number of phenolic OH excluding ortho intramolecular Hbond substituents is 1. The maximum Gasteiger partial charge on any atom is 0.235 e. The van der Waals surface area contributed by atoms with Crippen LogP contribution in [0.5, 0.6) is 5.75 Å². The lowest BCUT2D eigenvalue weighted by atomic mass is 9.78. The molecule has 5 nitrogen and oxygen atoms in total. The van der Waals surface area contributed by atoms with Crippen molar-refractivity contribution < 1.29 is 14.3 Å². The Balaban J connectivity index is 1.73. The average Bonchev–Trinajstić information content (AvgIpc) is 3.29. The summed E-state index contributed by atoms with van der Waals surface area (Å²) in [6, 6.07) is 6.23. The van der Waals surface area contributed by atoms with Gasteiger partial charge in [0.05, 0.1) is 11.5 Å². The summed E-state index contributed by atoms with van der Waals surface area (Å²) in [6.07, 6.45) is 2.05. The monoisotopic (exact) mass is 373 g/mol. The van der Waals surface area contributed by atoms with Crippen molar-refractivity contribution in [2.75, 3.05) is 7.05 Å². The predicted octanol–water partition coefficient (Wildman–Crippen LogP) is 3.50. The maximum absolute atomic E-state index is 13.3. The number of rotatable bonds is 3. The fourth-order valence-electron chi connectivity index (χ4n) is 3.74. The molecule has 1 aliphatic heterocycles. The molecule has 1 saturated carbocycles. The molecular weight excluding hydrogens is 353 g/mol. The van der Waals surface area contributed by atoms with E-state index in [0.29, 0.717) is 11.5 Å². The van der Waals surface area contributed by atoms with Gasteiger partial charge < -0.3 is 10.4 Å². The van der Waals surface area contributed by atoms with E-state index in [1.54, 1.807) is 13.1 Å². The van der Waals surface area contributed by atoms with Gasteiger partial charge in [-0.2, -0.15) is 0 Å². The molecule has 26 heavy (non-hydrogen) atoms. The first kappa shape index (κ1) is 17.0. The Morgan fingerprint density at radius 2 is 2.08 bits per heavy atom. The molecular formula is C19H20FN3O2S. The van der Waals surface area contributed by atoms with Gasteiger partial charge in [0, 0.05) is 11.9 Å². The quantitative estimate of drug-likeness (QED) is 0.771. The van der Waals surface area contributed by atoms with Crippen LogP contribution in [-0.4, -0.2) is 28.9 Å². The molecule has 7 heteroatoms. The highest BCUT2D eigenvalue weighted by Crippen LogP contribution is 2.50. The maximum atomic E-state index is 13.3. The third-order valence-corrected chi connectivity index (χ3v) is 6.58. The van der Waals surface area contributed by atoms with Crippen molar-refractivity contribution >= 4 is 23.2 Å². The number of hydrogen-bond acceptors (Lipinski definition) is 4. The van der Waals surface area contributed by atoms with E-state index < -0.39 is 11.4 Å². The molecule has 2 atom stereocenters. The molecule has 0 spiro atoms. The molecule has 3 N–H and O–H groups in total. The van der Waals surface area contributed by atoms with Gasteiger partial charge in [-0.1, -0.05) is 6.07 Å². The van der Waals surface area contributed by atoms with Gasteiger partial charge in [0.2, 0.25) is 5.91 Å². The highest BCUT2D eigenvalue weighted by molar-refractivity contribution is 7.10. The van der Waals surface area contributed by atoms with Crippen molar-refractivity contribution in [1.29, 1.82) is 5.41 Å². The number of guanidine groups is 1. The van der Waals surface area contributed by atoms with Crippen LogP contribution in [0.15, 0.2) is 29.6 Å². The zero-order valence-corrected chi connectivity index (χ0v) is 15.4. The van der Waals surface area contributed by atoms with Gasteiger partial charge in [0.15, 0.2) is 17.5 Å². The number of amides is 1. The molecule has 1 aliphatic carbocycles. The van der Waals surface area contributed by atoms with Crippen LogP contribution in [0.1, 0.15) is 24.6 Å². The second kappa shape index (κ2) is 5.81. The SMILES string of the molecule is CN1C(=N)N[C@](C)(c2cc(-c3ccc(F)c(O)c3)cs2)[C@H](C2CC2)C1=O. The van der Waals surface area contributed by atoms with E-state index in [2.05, 4.69) is 5.32 Å². The molecule has 0 unspecified atom stereocenters. The van der Waals surface area contributed by atoms with Crippen LogP contribution in [0.2, 0.25) is 0 Å². The van der Waals surface area contributed by atoms with Crippen molar-refractivity contribution in [1.82, 2.24) is 10.2 Å². The normalized spacial score (nSPS) is 26.1. The second-order valence-electron chi connectivity index (χ2n) is 7.25. The predicted molar refractivity (Wildman–Crippen MR) is 98.6 cm³/mol. The molecule has 4 rings (SSSR count). The molecule has 0 radical (unpaired) electrons. The standard InChI is InChI=1S/C19H20FN3O2S/c1-19(16(10-3-4-10)17(25)23(2)18(21)22-19)15-8-12(9-26-15)11-5-6-13(20)14(24)7-11/h5-10,16,24H,3-4H2,1-2H3,(H2,21,22)/t16-,19-/m1/s1. The molecule has 1 amide bonds. The Hall–Kier alpha value is -2.41. The Morgan fingerprint density at radius 3 is 2.73 bits per heavy atom. The van der Waals surface area contributed by atoms with E-state index in [-0.39, 0.29) is 23.5 Å². The minimum absolute atomic E-state index is 0.0203. The van der Waals surface area contributed by atoms with Gasteiger partial charge in [-0.3, -0.25) is 15.1 Å². The molecule has 1 saturated heterocycles. The lowest BCUT2D eigenvalue weighted by Crippen LogP contribution is -2.64. The van der Waals surface area contributed by atoms with Gasteiger partial charge in [0.1, 0.15) is 0 Å². The topological polar surface area (TPSA) is 76.4 Å². The number of benzene rings is 1. The van der Waals surface area contributed by atoms with Gasteiger partial charge >= 0.3 is 0 Å². The first-order valence-corrected chi connectivity index (χ1v) is 9.41. The Labute approximate surface area is 155 Å². The number of nitrogens with one attached hydrogen (secondary N) is 2. The fourth-order valence-corrected chi connectivity index (χ4v) is 4.82. The molecule has 136 valence electrons. The minimum atomic E-state index is -0.652. The number of carbonyl (C=O) groups excluding carboxylic acids is 1. The van der Waals surface area contributed by atoms with E-state index in [1.807, 2.05) is 18.4 Å². The van der Waals surface area contributed by atoms with Gasteiger partial charge in [-0.25, -0.2) is 4.39 Å². The molecule has 1 aromatic heterocycles. The van der Waals surface area contributed by atoms with E-state index in [0.717, 1.165) is 23.3 Å². The number of phenols is 1. The number of carbonyl (C=O) groups is 1. The Kier molecular flexibility index (Phi) is 3.80. The summed E-state index contributed by atoms with van der Waals surface area (Å²) in [4.78, 5) is 15.2. The van der Waals surface area contributed by atoms with Crippen molar-refractivity contribution in [3.8, 4) is 16.9 Å². The van der Waals surface area contributed by atoms with Crippen LogP contribution in [0.25, 0.3) is 11.1 Å². The highest BCUT2D eigenvalue weighted by Gasteiger charge is 2.54. The Morgan fingerprint density at radius 1 is 1.35 bits per heavy atom. The van der Waals surface area contributed by atoms with Crippen LogP contribution >= 0.6 is 11.3 Å². The largest absolute Gasteiger partial charge is 0.505 e. The van der Waals surface area contributed by atoms with Crippen LogP contribution in [0.4, 0.5) is 4.39 Å². The van der Waals surface area contributed by atoms with Crippen molar-refractivity contribution in [2.24, 2.45) is 11.8 Å². The summed E-state index contributed by atoms with van der Waals surface area (Å²) in [7, 11) is 1.63. The molecule has 1 aromatic carbocycles.